The lowest BCUT2D eigenvalue weighted by atomic mass is 9.87. The summed E-state index contributed by atoms with van der Waals surface area (Å²) in [7, 11) is 0. The fraction of sp³-hybridized carbons (Fsp3) is 0.684. The number of aromatic nitrogens is 1. The second kappa shape index (κ2) is 8.58. The number of nitrogens with one attached hydrogen (secondary N) is 2. The van der Waals surface area contributed by atoms with Gasteiger partial charge in [-0.2, -0.15) is 0 Å². The number of hydrogen-bond acceptors (Lipinski definition) is 6. The Balaban J connectivity index is 1.83. The highest BCUT2D eigenvalue weighted by Gasteiger charge is 2.25. The zero-order valence-electron chi connectivity index (χ0n) is 15.9. The average Bonchev–Trinajstić information content (AvgIpc) is 2.66. The van der Waals surface area contributed by atoms with E-state index in [9.17, 15) is 4.79 Å². The molecule has 0 bridgehead atoms. The third kappa shape index (κ3) is 4.38. The van der Waals surface area contributed by atoms with Crippen molar-refractivity contribution in [2.45, 2.75) is 45.6 Å². The number of carbonyl (C=O) groups is 1. The van der Waals surface area contributed by atoms with Crippen LogP contribution in [0.15, 0.2) is 6.07 Å². The average molecular weight is 361 g/mol. The first kappa shape index (κ1) is 18.8. The third-order valence-corrected chi connectivity index (χ3v) is 5.28. The Morgan fingerprint density at radius 3 is 2.65 bits per heavy atom. The Bertz CT molecular complexity index is 623. The molecule has 1 aliphatic heterocycles. The normalized spacial score (nSPS) is 23.5. The number of rotatable bonds is 5. The van der Waals surface area contributed by atoms with Gasteiger partial charge in [0.15, 0.2) is 5.82 Å². The molecule has 1 saturated carbocycles. The van der Waals surface area contributed by atoms with Gasteiger partial charge in [-0.1, -0.05) is 6.92 Å². The predicted molar refractivity (Wildman–Crippen MR) is 105 cm³/mol. The van der Waals surface area contributed by atoms with Crippen LogP contribution in [0.2, 0.25) is 0 Å². The fourth-order valence-electron chi connectivity index (χ4n) is 3.68. The lowest BCUT2D eigenvalue weighted by Crippen LogP contribution is -2.41. The van der Waals surface area contributed by atoms with Gasteiger partial charge in [0.05, 0.1) is 24.5 Å². The Hall–Kier alpha value is -2.02. The monoisotopic (exact) mass is 361 g/mol. The molecule has 7 heteroatoms. The summed E-state index contributed by atoms with van der Waals surface area (Å²) in [5, 5.41) is 6.38. The van der Waals surface area contributed by atoms with Crippen molar-refractivity contribution < 1.29 is 9.53 Å². The van der Waals surface area contributed by atoms with Gasteiger partial charge in [0.2, 0.25) is 0 Å². The van der Waals surface area contributed by atoms with Gasteiger partial charge in [-0.05, 0) is 44.6 Å². The molecule has 144 valence electrons. The second-order valence-corrected chi connectivity index (χ2v) is 7.36. The minimum atomic E-state index is -0.0757. The van der Waals surface area contributed by atoms with Crippen LogP contribution in [0, 0.1) is 5.92 Å². The topological polar surface area (TPSA) is 92.5 Å². The number of carbonyl (C=O) groups excluding carboxylic acids is 1. The van der Waals surface area contributed by atoms with E-state index in [0.717, 1.165) is 38.4 Å². The van der Waals surface area contributed by atoms with Crippen molar-refractivity contribution >= 4 is 23.2 Å². The van der Waals surface area contributed by atoms with Gasteiger partial charge in [0, 0.05) is 25.7 Å². The van der Waals surface area contributed by atoms with Gasteiger partial charge in [0.1, 0.15) is 5.82 Å². The van der Waals surface area contributed by atoms with Crippen LogP contribution in [-0.4, -0.2) is 49.8 Å². The van der Waals surface area contributed by atoms with E-state index >= 15 is 0 Å². The standard InChI is InChI=1S/C19H31N5O2/c1-3-21-17-16(20)12-15(18(23-17)24-8-10-26-11-9-24)19(25)22-14-6-4-13(2)5-7-14/h12-14H,3-11,20H2,1-2H3,(H,21,23)(H,22,25). The Labute approximate surface area is 155 Å². The van der Waals surface area contributed by atoms with Gasteiger partial charge in [-0.3, -0.25) is 4.79 Å². The first-order valence-electron chi connectivity index (χ1n) is 9.76. The number of morpholine rings is 1. The first-order valence-corrected chi connectivity index (χ1v) is 9.76. The summed E-state index contributed by atoms with van der Waals surface area (Å²) >= 11 is 0. The fourth-order valence-corrected chi connectivity index (χ4v) is 3.68. The number of ether oxygens (including phenoxy) is 1. The molecule has 4 N–H and O–H groups in total. The van der Waals surface area contributed by atoms with E-state index in [4.69, 9.17) is 10.5 Å². The van der Waals surface area contributed by atoms with E-state index in [0.29, 0.717) is 36.1 Å². The highest BCUT2D eigenvalue weighted by atomic mass is 16.5. The van der Waals surface area contributed by atoms with Gasteiger partial charge in [-0.25, -0.2) is 4.98 Å². The maximum absolute atomic E-state index is 13.0. The van der Waals surface area contributed by atoms with Crippen LogP contribution in [0.4, 0.5) is 17.3 Å². The molecule has 26 heavy (non-hydrogen) atoms. The Kier molecular flexibility index (Phi) is 6.19. The van der Waals surface area contributed by atoms with Crippen molar-refractivity contribution in [3.8, 4) is 0 Å². The molecule has 2 heterocycles. The predicted octanol–water partition coefficient (Wildman–Crippen LogP) is 2.24. The minimum absolute atomic E-state index is 0.0757. The molecule has 1 amide bonds. The maximum atomic E-state index is 13.0. The van der Waals surface area contributed by atoms with Crippen LogP contribution in [-0.2, 0) is 4.74 Å². The quantitative estimate of drug-likeness (QED) is 0.745. The maximum Gasteiger partial charge on any atom is 0.255 e. The number of nitrogen functional groups attached to an aromatic ring is 1. The van der Waals surface area contributed by atoms with Crippen molar-refractivity contribution in [1.82, 2.24) is 10.3 Å². The zero-order valence-corrected chi connectivity index (χ0v) is 15.9. The highest BCUT2D eigenvalue weighted by molar-refractivity contribution is 6.00. The summed E-state index contributed by atoms with van der Waals surface area (Å²) < 4.78 is 5.44. The number of hydrogen-bond donors (Lipinski definition) is 3. The lowest BCUT2D eigenvalue weighted by molar-refractivity contribution is 0.0921. The van der Waals surface area contributed by atoms with Gasteiger partial charge in [-0.15, -0.1) is 0 Å². The van der Waals surface area contributed by atoms with Gasteiger partial charge >= 0.3 is 0 Å². The lowest BCUT2D eigenvalue weighted by Gasteiger charge is -2.31. The van der Waals surface area contributed by atoms with Crippen molar-refractivity contribution in [3.05, 3.63) is 11.6 Å². The van der Waals surface area contributed by atoms with E-state index in [-0.39, 0.29) is 11.9 Å². The number of nitrogens with zero attached hydrogens (tertiary/aromatic N) is 2. The molecule has 0 spiro atoms. The molecule has 2 aliphatic rings. The van der Waals surface area contributed by atoms with Crippen LogP contribution >= 0.6 is 0 Å². The molecule has 1 saturated heterocycles. The summed E-state index contributed by atoms with van der Waals surface area (Å²) in [5.74, 6) is 2.01. The summed E-state index contributed by atoms with van der Waals surface area (Å²) in [4.78, 5) is 19.8. The molecule has 2 fully saturated rings. The number of amides is 1. The molecule has 0 unspecified atom stereocenters. The van der Waals surface area contributed by atoms with E-state index in [1.807, 2.05) is 6.92 Å². The van der Waals surface area contributed by atoms with Crippen molar-refractivity contribution in [3.63, 3.8) is 0 Å². The molecule has 3 rings (SSSR count). The molecule has 0 atom stereocenters. The molecule has 0 aromatic carbocycles. The number of pyridine rings is 1. The van der Waals surface area contributed by atoms with Crippen LogP contribution in [0.5, 0.6) is 0 Å². The van der Waals surface area contributed by atoms with Crippen LogP contribution in [0.3, 0.4) is 0 Å². The van der Waals surface area contributed by atoms with Crippen LogP contribution in [0.25, 0.3) is 0 Å². The van der Waals surface area contributed by atoms with Crippen molar-refractivity contribution in [1.29, 1.82) is 0 Å². The molecule has 1 aromatic heterocycles. The molecular weight excluding hydrogens is 330 g/mol. The van der Waals surface area contributed by atoms with E-state index < -0.39 is 0 Å². The Morgan fingerprint density at radius 1 is 1.31 bits per heavy atom. The van der Waals surface area contributed by atoms with Gasteiger partial charge in [0.25, 0.3) is 5.91 Å². The van der Waals surface area contributed by atoms with Gasteiger partial charge < -0.3 is 26.0 Å². The summed E-state index contributed by atoms with van der Waals surface area (Å²) in [5.41, 5.74) is 7.21. The largest absolute Gasteiger partial charge is 0.396 e. The minimum Gasteiger partial charge on any atom is -0.396 e. The molecule has 7 nitrogen and oxygen atoms in total. The zero-order chi connectivity index (χ0) is 18.5. The SMILES string of the molecule is CCNc1nc(N2CCOCC2)c(C(=O)NC2CCC(C)CC2)cc1N. The van der Waals surface area contributed by atoms with Crippen LogP contribution in [0.1, 0.15) is 49.9 Å². The summed E-state index contributed by atoms with van der Waals surface area (Å²) in [6.45, 7) is 7.74. The van der Waals surface area contributed by atoms with Crippen molar-refractivity contribution in [2.24, 2.45) is 5.92 Å². The number of nitrogens with two attached hydrogens (primary N) is 1. The van der Waals surface area contributed by atoms with E-state index in [1.165, 1.54) is 12.8 Å². The van der Waals surface area contributed by atoms with E-state index in [1.54, 1.807) is 6.07 Å². The van der Waals surface area contributed by atoms with Crippen LogP contribution < -0.4 is 21.3 Å². The van der Waals surface area contributed by atoms with Crippen molar-refractivity contribution in [2.75, 3.05) is 48.8 Å². The summed E-state index contributed by atoms with van der Waals surface area (Å²) in [6, 6.07) is 2.00. The summed E-state index contributed by atoms with van der Waals surface area (Å²) in [6.07, 6.45) is 4.42. The van der Waals surface area contributed by atoms with E-state index in [2.05, 4.69) is 27.4 Å². The molecule has 0 radical (unpaired) electrons. The molecule has 1 aliphatic carbocycles. The highest BCUT2D eigenvalue weighted by Crippen LogP contribution is 2.28. The molecular formula is C19H31N5O2. The second-order valence-electron chi connectivity index (χ2n) is 7.36. The third-order valence-electron chi connectivity index (χ3n) is 5.28. The first-order chi connectivity index (χ1) is 12.6. The number of anilines is 3. The smallest absolute Gasteiger partial charge is 0.255 e. The Morgan fingerprint density at radius 2 is 2.00 bits per heavy atom. The molecule has 1 aromatic rings.